The molecule has 0 saturated heterocycles. The molecule has 2 amide bonds. The number of rotatable bonds is 7. The van der Waals surface area contributed by atoms with E-state index in [0.29, 0.717) is 11.3 Å². The molecule has 150 valence electrons. The Bertz CT molecular complexity index is 806. The van der Waals surface area contributed by atoms with E-state index in [-0.39, 0.29) is 24.5 Å². The van der Waals surface area contributed by atoms with E-state index in [2.05, 4.69) is 10.6 Å². The number of ether oxygens (including phenoxy) is 3. The molecule has 0 radical (unpaired) electrons. The maximum Gasteiger partial charge on any atom is 0.338 e. The predicted molar refractivity (Wildman–Crippen MR) is 101 cm³/mol. The van der Waals surface area contributed by atoms with E-state index in [1.54, 1.807) is 52.1 Å². The summed E-state index contributed by atoms with van der Waals surface area (Å²) in [5, 5.41) is 5.25. The molecule has 8 nitrogen and oxygen atoms in total. The van der Waals surface area contributed by atoms with Gasteiger partial charge in [-0.25, -0.2) is 14.4 Å². The SMILES string of the molecule is CCOC(=O)C1=C(COC(=O)C=C(C)C)NC(=O)NC1c1ccc(OC)cc1. The first-order valence-corrected chi connectivity index (χ1v) is 8.79. The van der Waals surface area contributed by atoms with Gasteiger partial charge in [-0.15, -0.1) is 0 Å². The highest BCUT2D eigenvalue weighted by Gasteiger charge is 2.34. The molecule has 2 N–H and O–H groups in total. The molecule has 0 fully saturated rings. The van der Waals surface area contributed by atoms with Crippen molar-refractivity contribution in [1.82, 2.24) is 10.6 Å². The Morgan fingerprint density at radius 2 is 1.82 bits per heavy atom. The van der Waals surface area contributed by atoms with E-state index in [1.165, 1.54) is 6.08 Å². The van der Waals surface area contributed by atoms with Gasteiger partial charge in [0.15, 0.2) is 0 Å². The Balaban J connectivity index is 2.40. The summed E-state index contributed by atoms with van der Waals surface area (Å²) in [6.07, 6.45) is 1.33. The highest BCUT2D eigenvalue weighted by atomic mass is 16.5. The lowest BCUT2D eigenvalue weighted by Crippen LogP contribution is -2.47. The largest absolute Gasteiger partial charge is 0.497 e. The average Bonchev–Trinajstić information content (AvgIpc) is 2.65. The molecule has 0 spiro atoms. The summed E-state index contributed by atoms with van der Waals surface area (Å²) in [5.41, 5.74) is 1.79. The van der Waals surface area contributed by atoms with Crippen molar-refractivity contribution >= 4 is 18.0 Å². The second kappa shape index (κ2) is 9.59. The summed E-state index contributed by atoms with van der Waals surface area (Å²) >= 11 is 0. The Kier molecular flexibility index (Phi) is 7.20. The van der Waals surface area contributed by atoms with Crippen LogP contribution in [0.1, 0.15) is 32.4 Å². The van der Waals surface area contributed by atoms with Crippen LogP contribution in [0.4, 0.5) is 4.79 Å². The monoisotopic (exact) mass is 388 g/mol. The number of hydrogen-bond acceptors (Lipinski definition) is 6. The summed E-state index contributed by atoms with van der Waals surface area (Å²) in [6, 6.07) is 5.65. The Morgan fingerprint density at radius 3 is 2.39 bits per heavy atom. The smallest absolute Gasteiger partial charge is 0.338 e. The molecule has 0 saturated carbocycles. The molecule has 1 unspecified atom stereocenters. The van der Waals surface area contributed by atoms with E-state index in [1.807, 2.05) is 0 Å². The number of hydrogen-bond donors (Lipinski definition) is 2. The molecule has 0 aliphatic carbocycles. The lowest BCUT2D eigenvalue weighted by Gasteiger charge is -2.29. The van der Waals surface area contributed by atoms with Gasteiger partial charge in [-0.2, -0.15) is 0 Å². The first kappa shape index (κ1) is 21.0. The number of urea groups is 1. The van der Waals surface area contributed by atoms with Crippen molar-refractivity contribution in [3.05, 3.63) is 52.7 Å². The summed E-state index contributed by atoms with van der Waals surface area (Å²) < 4.78 is 15.5. The van der Waals surface area contributed by atoms with Crippen LogP contribution in [0.5, 0.6) is 5.75 Å². The van der Waals surface area contributed by atoms with E-state index in [4.69, 9.17) is 14.2 Å². The molecular weight excluding hydrogens is 364 g/mol. The minimum atomic E-state index is -0.754. The number of esters is 2. The van der Waals surface area contributed by atoms with Gasteiger partial charge in [0.2, 0.25) is 0 Å². The van der Waals surface area contributed by atoms with Crippen LogP contribution < -0.4 is 15.4 Å². The van der Waals surface area contributed by atoms with E-state index < -0.39 is 24.0 Å². The van der Waals surface area contributed by atoms with Crippen molar-refractivity contribution < 1.29 is 28.6 Å². The zero-order valence-corrected chi connectivity index (χ0v) is 16.3. The van der Waals surface area contributed by atoms with Gasteiger partial charge < -0.3 is 24.8 Å². The van der Waals surface area contributed by atoms with Crippen LogP contribution in [-0.4, -0.2) is 38.3 Å². The zero-order chi connectivity index (χ0) is 20.7. The molecule has 1 aromatic carbocycles. The van der Waals surface area contributed by atoms with E-state index in [9.17, 15) is 14.4 Å². The Labute approximate surface area is 163 Å². The van der Waals surface area contributed by atoms with Gasteiger partial charge in [0.1, 0.15) is 12.4 Å². The molecule has 0 aromatic heterocycles. The molecule has 0 bridgehead atoms. The summed E-state index contributed by atoms with van der Waals surface area (Å²) in [5.74, 6) is -0.532. The minimum Gasteiger partial charge on any atom is -0.497 e. The molecule has 2 rings (SSSR count). The first-order chi connectivity index (χ1) is 13.3. The highest BCUT2D eigenvalue weighted by Crippen LogP contribution is 2.29. The number of amides is 2. The zero-order valence-electron chi connectivity index (χ0n) is 16.3. The van der Waals surface area contributed by atoms with Crippen LogP contribution in [0.3, 0.4) is 0 Å². The number of carbonyl (C=O) groups excluding carboxylic acids is 3. The molecule has 1 aliphatic heterocycles. The first-order valence-electron chi connectivity index (χ1n) is 8.79. The number of benzene rings is 1. The van der Waals surface area contributed by atoms with Gasteiger partial charge in [0.25, 0.3) is 0 Å². The topological polar surface area (TPSA) is 103 Å². The lowest BCUT2D eigenvalue weighted by molar-refractivity contribution is -0.140. The Hall–Kier alpha value is -3.29. The third-order valence-electron chi connectivity index (χ3n) is 3.86. The van der Waals surface area contributed by atoms with Crippen molar-refractivity contribution in [1.29, 1.82) is 0 Å². The van der Waals surface area contributed by atoms with Gasteiger partial charge in [-0.1, -0.05) is 17.7 Å². The summed E-state index contributed by atoms with van der Waals surface area (Å²) in [7, 11) is 1.55. The minimum absolute atomic E-state index is 0.163. The van der Waals surface area contributed by atoms with E-state index >= 15 is 0 Å². The fourth-order valence-electron chi connectivity index (χ4n) is 2.65. The van der Waals surface area contributed by atoms with Crippen LogP contribution in [0.2, 0.25) is 0 Å². The van der Waals surface area contributed by atoms with Gasteiger partial charge >= 0.3 is 18.0 Å². The average molecular weight is 388 g/mol. The van der Waals surface area contributed by atoms with Crippen LogP contribution in [0, 0.1) is 0 Å². The molecule has 1 atom stereocenters. The second-order valence-electron chi connectivity index (χ2n) is 6.25. The van der Waals surface area contributed by atoms with Crippen LogP contribution in [0.25, 0.3) is 0 Å². The lowest BCUT2D eigenvalue weighted by atomic mass is 9.95. The van der Waals surface area contributed by atoms with Gasteiger partial charge in [0.05, 0.1) is 31.0 Å². The van der Waals surface area contributed by atoms with Crippen LogP contribution >= 0.6 is 0 Å². The van der Waals surface area contributed by atoms with Crippen LogP contribution in [-0.2, 0) is 19.1 Å². The quantitative estimate of drug-likeness (QED) is 0.549. The standard InChI is InChI=1S/C20H24N2O6/c1-5-27-19(24)17-15(11-28-16(23)10-12(2)3)21-20(25)22-18(17)13-6-8-14(26-4)9-7-13/h6-10,18H,5,11H2,1-4H3,(H2,21,22,25). The third-order valence-corrected chi connectivity index (χ3v) is 3.86. The van der Waals surface area contributed by atoms with Crippen molar-refractivity contribution in [3.63, 3.8) is 0 Å². The molecule has 28 heavy (non-hydrogen) atoms. The maximum atomic E-state index is 12.6. The molecule has 8 heteroatoms. The molecule has 1 aromatic rings. The van der Waals surface area contributed by atoms with Gasteiger partial charge in [-0.3, -0.25) is 0 Å². The summed E-state index contributed by atoms with van der Waals surface area (Å²) in [6.45, 7) is 5.10. The highest BCUT2D eigenvalue weighted by molar-refractivity contribution is 5.95. The van der Waals surface area contributed by atoms with Crippen molar-refractivity contribution in [3.8, 4) is 5.75 Å². The molecular formula is C20H24N2O6. The fourth-order valence-corrected chi connectivity index (χ4v) is 2.65. The van der Waals surface area contributed by atoms with Crippen molar-refractivity contribution in [2.75, 3.05) is 20.3 Å². The number of allylic oxidation sites excluding steroid dienone is 1. The van der Waals surface area contributed by atoms with Gasteiger partial charge in [0, 0.05) is 6.08 Å². The Morgan fingerprint density at radius 1 is 1.14 bits per heavy atom. The second-order valence-corrected chi connectivity index (χ2v) is 6.25. The van der Waals surface area contributed by atoms with Crippen molar-refractivity contribution in [2.45, 2.75) is 26.8 Å². The van der Waals surface area contributed by atoms with E-state index in [0.717, 1.165) is 5.57 Å². The summed E-state index contributed by atoms with van der Waals surface area (Å²) in [4.78, 5) is 36.6. The van der Waals surface area contributed by atoms with Gasteiger partial charge in [-0.05, 0) is 38.5 Å². The molecule has 1 aliphatic rings. The number of carbonyl (C=O) groups is 3. The number of methoxy groups -OCH3 is 1. The van der Waals surface area contributed by atoms with Crippen LogP contribution in [0.15, 0.2) is 47.2 Å². The third kappa shape index (κ3) is 5.35. The van der Waals surface area contributed by atoms with Crippen molar-refractivity contribution in [2.24, 2.45) is 0 Å². The normalized spacial score (nSPS) is 15.9. The maximum absolute atomic E-state index is 12.6. The predicted octanol–water partition coefficient (Wildman–Crippen LogP) is 2.38. The fraction of sp³-hybridized carbons (Fsp3) is 0.350. The number of nitrogens with one attached hydrogen (secondary N) is 2. The molecule has 1 heterocycles.